The highest BCUT2D eigenvalue weighted by Crippen LogP contribution is 2.33. The van der Waals surface area contributed by atoms with Gasteiger partial charge < -0.3 is 0 Å². The summed E-state index contributed by atoms with van der Waals surface area (Å²) in [6.45, 7) is 0. The first-order valence-electron chi connectivity index (χ1n) is 6.58. The second-order valence-electron chi connectivity index (χ2n) is 5.00. The van der Waals surface area contributed by atoms with Crippen LogP contribution in [0.1, 0.15) is 0 Å². The van der Waals surface area contributed by atoms with Gasteiger partial charge in [-0.3, -0.25) is 0 Å². The molecule has 0 aliphatic rings. The largest absolute Gasteiger partial charge is 0.224 e. The van der Waals surface area contributed by atoms with E-state index in [1.165, 1.54) is 18.4 Å². The maximum Gasteiger partial charge on any atom is 0.176 e. The number of rotatable bonds is 3. The molecule has 0 N–H and O–H groups in total. The molecule has 2 nitrogen and oxygen atoms in total. The third-order valence-electron chi connectivity index (χ3n) is 3.39. The van der Waals surface area contributed by atoms with E-state index in [2.05, 4.69) is 0 Å². The summed E-state index contributed by atoms with van der Waals surface area (Å²) in [5.41, 5.74) is 3.24. The van der Waals surface area contributed by atoms with E-state index < -0.39 is 9.84 Å². The molecule has 3 aromatic rings. The Balaban J connectivity index is 2.23. The zero-order valence-electron chi connectivity index (χ0n) is 11.8. The molecule has 2 aromatic carbocycles. The van der Waals surface area contributed by atoms with Gasteiger partial charge in [0, 0.05) is 11.8 Å². The van der Waals surface area contributed by atoms with Crippen LogP contribution >= 0.6 is 11.3 Å². The van der Waals surface area contributed by atoms with Crippen molar-refractivity contribution < 1.29 is 12.8 Å². The monoisotopic (exact) mass is 332 g/mol. The van der Waals surface area contributed by atoms with Crippen molar-refractivity contribution in [2.45, 2.75) is 4.90 Å². The fourth-order valence-electron chi connectivity index (χ4n) is 2.32. The van der Waals surface area contributed by atoms with Crippen LogP contribution in [0, 0.1) is 5.82 Å². The first-order chi connectivity index (χ1) is 10.4. The van der Waals surface area contributed by atoms with Gasteiger partial charge in [0.25, 0.3) is 0 Å². The van der Waals surface area contributed by atoms with E-state index in [0.717, 1.165) is 11.1 Å². The number of benzene rings is 2. The molecule has 0 aliphatic heterocycles. The third-order valence-corrected chi connectivity index (χ3v) is 5.23. The highest BCUT2D eigenvalue weighted by molar-refractivity contribution is 7.90. The molecule has 0 saturated heterocycles. The molecule has 0 amide bonds. The van der Waals surface area contributed by atoms with E-state index in [9.17, 15) is 12.8 Å². The predicted octanol–water partition coefficient (Wildman–Crippen LogP) is 4.62. The van der Waals surface area contributed by atoms with Crippen molar-refractivity contribution in [1.29, 1.82) is 0 Å². The summed E-state index contributed by atoms with van der Waals surface area (Å²) in [5, 5.41) is 3.97. The third kappa shape index (κ3) is 2.96. The summed E-state index contributed by atoms with van der Waals surface area (Å²) >= 11 is 1.58. The van der Waals surface area contributed by atoms with Gasteiger partial charge in [0.15, 0.2) is 9.84 Å². The Morgan fingerprint density at radius 2 is 1.59 bits per heavy atom. The van der Waals surface area contributed by atoms with E-state index in [-0.39, 0.29) is 10.7 Å². The molecule has 22 heavy (non-hydrogen) atoms. The second-order valence-corrected chi connectivity index (χ2v) is 7.77. The van der Waals surface area contributed by atoms with Gasteiger partial charge in [-0.05, 0) is 57.8 Å². The molecule has 1 heterocycles. The van der Waals surface area contributed by atoms with Crippen molar-refractivity contribution >= 4 is 21.2 Å². The molecule has 0 radical (unpaired) electrons. The van der Waals surface area contributed by atoms with Gasteiger partial charge in [0.2, 0.25) is 0 Å². The lowest BCUT2D eigenvalue weighted by molar-refractivity contribution is 0.602. The van der Waals surface area contributed by atoms with Crippen LogP contribution in [0.3, 0.4) is 0 Å². The fourth-order valence-corrected chi connectivity index (χ4v) is 3.87. The lowest BCUT2D eigenvalue weighted by atomic mass is 10.0. The van der Waals surface area contributed by atoms with Crippen molar-refractivity contribution in [3.8, 4) is 22.3 Å². The maximum atomic E-state index is 13.1. The molecule has 3 rings (SSSR count). The Kier molecular flexibility index (Phi) is 3.85. The van der Waals surface area contributed by atoms with Crippen LogP contribution in [-0.2, 0) is 9.84 Å². The van der Waals surface area contributed by atoms with E-state index in [1.54, 1.807) is 35.6 Å². The fraction of sp³-hybridized carbons (Fsp3) is 0.0588. The molecule has 5 heteroatoms. The normalized spacial score (nSPS) is 11.5. The second kappa shape index (κ2) is 5.66. The Morgan fingerprint density at radius 1 is 0.909 bits per heavy atom. The summed E-state index contributed by atoms with van der Waals surface area (Å²) in [4.78, 5) is 0.248. The average molecular weight is 332 g/mol. The number of hydrogen-bond donors (Lipinski definition) is 0. The Morgan fingerprint density at radius 3 is 2.18 bits per heavy atom. The molecule has 0 bridgehead atoms. The molecule has 0 spiro atoms. The van der Waals surface area contributed by atoms with Gasteiger partial charge in [0.05, 0.1) is 4.90 Å². The number of hydrogen-bond acceptors (Lipinski definition) is 3. The minimum atomic E-state index is -3.37. The Hall–Kier alpha value is -1.98. The maximum absolute atomic E-state index is 13.1. The highest BCUT2D eigenvalue weighted by atomic mass is 32.2. The minimum Gasteiger partial charge on any atom is -0.224 e. The smallest absolute Gasteiger partial charge is 0.176 e. The molecule has 0 fully saturated rings. The molecule has 0 unspecified atom stereocenters. The molecule has 0 aliphatic carbocycles. The Labute approximate surface area is 132 Å². The van der Waals surface area contributed by atoms with Gasteiger partial charge in [0.1, 0.15) is 5.82 Å². The van der Waals surface area contributed by atoms with Gasteiger partial charge in [-0.15, -0.1) is 0 Å². The van der Waals surface area contributed by atoms with E-state index >= 15 is 0 Å². The van der Waals surface area contributed by atoms with Crippen LogP contribution in [0.5, 0.6) is 0 Å². The number of thiophene rings is 1. The molecule has 112 valence electrons. The van der Waals surface area contributed by atoms with E-state index in [1.807, 2.05) is 22.9 Å². The van der Waals surface area contributed by atoms with Crippen molar-refractivity contribution in [3.05, 3.63) is 65.1 Å². The molecular formula is C17H13FO2S2. The lowest BCUT2D eigenvalue weighted by Gasteiger charge is -2.10. The van der Waals surface area contributed by atoms with Gasteiger partial charge in [-0.25, -0.2) is 12.8 Å². The summed E-state index contributed by atoms with van der Waals surface area (Å²) < 4.78 is 37.2. The van der Waals surface area contributed by atoms with Gasteiger partial charge in [-0.1, -0.05) is 18.2 Å². The number of halogens is 1. The van der Waals surface area contributed by atoms with Crippen LogP contribution in [-0.4, -0.2) is 14.7 Å². The van der Waals surface area contributed by atoms with Crippen LogP contribution in [0.15, 0.2) is 64.2 Å². The number of sulfone groups is 1. The zero-order chi connectivity index (χ0) is 15.7. The zero-order valence-corrected chi connectivity index (χ0v) is 13.4. The highest BCUT2D eigenvalue weighted by Gasteiger charge is 2.16. The van der Waals surface area contributed by atoms with E-state index in [0.29, 0.717) is 11.1 Å². The van der Waals surface area contributed by atoms with Crippen molar-refractivity contribution in [2.75, 3.05) is 6.26 Å². The standard InChI is InChI=1S/C17H13FO2S2/c1-22(19,20)17-7-4-13(14-8-9-21-11-14)10-16(17)12-2-5-15(18)6-3-12/h2-11H,1H3. The van der Waals surface area contributed by atoms with Gasteiger partial charge >= 0.3 is 0 Å². The van der Waals surface area contributed by atoms with Gasteiger partial charge in [-0.2, -0.15) is 11.3 Å². The average Bonchev–Trinajstić information content (AvgIpc) is 3.01. The van der Waals surface area contributed by atoms with E-state index in [4.69, 9.17) is 0 Å². The Bertz CT molecular complexity index is 896. The molecular weight excluding hydrogens is 319 g/mol. The van der Waals surface area contributed by atoms with Crippen LogP contribution in [0.2, 0.25) is 0 Å². The van der Waals surface area contributed by atoms with Crippen molar-refractivity contribution in [3.63, 3.8) is 0 Å². The summed E-state index contributed by atoms with van der Waals surface area (Å²) in [6.07, 6.45) is 1.18. The lowest BCUT2D eigenvalue weighted by Crippen LogP contribution is -2.00. The van der Waals surface area contributed by atoms with Crippen LogP contribution < -0.4 is 0 Å². The molecule has 0 saturated carbocycles. The molecule has 0 atom stereocenters. The quantitative estimate of drug-likeness (QED) is 0.701. The summed E-state index contributed by atoms with van der Waals surface area (Å²) in [7, 11) is -3.37. The van der Waals surface area contributed by atoms with Crippen molar-refractivity contribution in [1.82, 2.24) is 0 Å². The minimum absolute atomic E-state index is 0.248. The first-order valence-corrected chi connectivity index (χ1v) is 9.41. The molecule has 1 aromatic heterocycles. The topological polar surface area (TPSA) is 34.1 Å². The van der Waals surface area contributed by atoms with Crippen LogP contribution in [0.4, 0.5) is 4.39 Å². The van der Waals surface area contributed by atoms with Crippen LogP contribution in [0.25, 0.3) is 22.3 Å². The van der Waals surface area contributed by atoms with Crippen molar-refractivity contribution in [2.24, 2.45) is 0 Å². The first kappa shape index (κ1) is 14.9. The summed E-state index contributed by atoms with van der Waals surface area (Å²) in [5.74, 6) is -0.348. The summed E-state index contributed by atoms with van der Waals surface area (Å²) in [6, 6.07) is 13.1. The predicted molar refractivity (Wildman–Crippen MR) is 88.3 cm³/mol. The SMILES string of the molecule is CS(=O)(=O)c1ccc(-c2ccsc2)cc1-c1ccc(F)cc1.